The third-order valence-corrected chi connectivity index (χ3v) is 3.78. The Balaban J connectivity index is 2.26. The minimum Gasteiger partial charge on any atom is -0.381 e. The number of aromatic nitrogens is 2. The van der Waals surface area contributed by atoms with Crippen LogP contribution in [0, 0.1) is 0 Å². The summed E-state index contributed by atoms with van der Waals surface area (Å²) >= 11 is 6.00. The molecule has 1 N–H and O–H groups in total. The molecule has 0 amide bonds. The van der Waals surface area contributed by atoms with E-state index in [9.17, 15) is 9.59 Å². The molecule has 1 aromatic carbocycles. The Labute approximate surface area is 113 Å². The lowest BCUT2D eigenvalue weighted by Crippen LogP contribution is -2.40. The van der Waals surface area contributed by atoms with Crippen LogP contribution in [0.25, 0.3) is 10.9 Å². The van der Waals surface area contributed by atoms with Crippen molar-refractivity contribution in [3.05, 3.63) is 44.1 Å². The predicted octanol–water partition coefficient (Wildman–Crippen LogP) is 1.69. The Kier molecular flexibility index (Phi) is 3.16. The molecule has 0 aliphatic carbocycles. The van der Waals surface area contributed by atoms with Gasteiger partial charge in [0.05, 0.1) is 15.9 Å². The van der Waals surface area contributed by atoms with E-state index in [4.69, 9.17) is 16.3 Å². The van der Waals surface area contributed by atoms with Crippen LogP contribution in [-0.2, 0) is 4.74 Å². The van der Waals surface area contributed by atoms with Crippen molar-refractivity contribution >= 4 is 22.5 Å². The summed E-state index contributed by atoms with van der Waals surface area (Å²) in [7, 11) is 0. The molecule has 3 rings (SSSR count). The van der Waals surface area contributed by atoms with Crippen LogP contribution in [0.3, 0.4) is 0 Å². The van der Waals surface area contributed by atoms with Gasteiger partial charge in [-0.25, -0.2) is 4.79 Å². The van der Waals surface area contributed by atoms with Crippen LogP contribution in [0.2, 0.25) is 5.02 Å². The number of ether oxygens (including phenoxy) is 1. The van der Waals surface area contributed by atoms with Crippen LogP contribution in [0.4, 0.5) is 0 Å². The Morgan fingerprint density at radius 2 is 2.00 bits per heavy atom. The van der Waals surface area contributed by atoms with E-state index in [1.807, 2.05) is 0 Å². The van der Waals surface area contributed by atoms with Crippen molar-refractivity contribution in [2.24, 2.45) is 0 Å². The minimum atomic E-state index is -0.405. The molecule has 100 valence electrons. The van der Waals surface area contributed by atoms with Gasteiger partial charge < -0.3 is 9.72 Å². The summed E-state index contributed by atoms with van der Waals surface area (Å²) < 4.78 is 6.55. The standard InChI is InChI=1S/C13H13ClN2O3/c14-10-3-1-2-9-11(10)15-13(18)16(12(9)17)8-4-6-19-7-5-8/h1-3,8H,4-7H2,(H,15,18). The quantitative estimate of drug-likeness (QED) is 0.865. The molecule has 5 nitrogen and oxygen atoms in total. The molecule has 2 heterocycles. The Hall–Kier alpha value is -1.59. The van der Waals surface area contributed by atoms with Gasteiger partial charge in [-0.1, -0.05) is 17.7 Å². The molecular formula is C13H13ClN2O3. The molecule has 2 aromatic rings. The van der Waals surface area contributed by atoms with Crippen molar-refractivity contribution in [2.75, 3.05) is 13.2 Å². The first-order chi connectivity index (χ1) is 9.18. The van der Waals surface area contributed by atoms with Crippen molar-refractivity contribution < 1.29 is 4.74 Å². The molecule has 1 aliphatic rings. The second kappa shape index (κ2) is 4.83. The van der Waals surface area contributed by atoms with E-state index in [1.165, 1.54) is 4.57 Å². The first-order valence-corrected chi connectivity index (χ1v) is 6.57. The van der Waals surface area contributed by atoms with Gasteiger partial charge in [0.1, 0.15) is 0 Å². The van der Waals surface area contributed by atoms with Gasteiger partial charge in [-0.05, 0) is 25.0 Å². The number of para-hydroxylation sites is 1. The molecule has 1 aromatic heterocycles. The smallest absolute Gasteiger partial charge is 0.329 e. The molecule has 0 unspecified atom stereocenters. The number of hydrogen-bond acceptors (Lipinski definition) is 3. The summed E-state index contributed by atoms with van der Waals surface area (Å²) in [5.74, 6) is 0. The van der Waals surface area contributed by atoms with Gasteiger partial charge in [-0.15, -0.1) is 0 Å². The number of H-pyrrole nitrogens is 1. The average Bonchev–Trinajstić information content (AvgIpc) is 2.41. The average molecular weight is 281 g/mol. The molecule has 0 atom stereocenters. The van der Waals surface area contributed by atoms with Gasteiger partial charge in [0.25, 0.3) is 5.56 Å². The van der Waals surface area contributed by atoms with Crippen molar-refractivity contribution in [1.29, 1.82) is 0 Å². The van der Waals surface area contributed by atoms with Crippen LogP contribution >= 0.6 is 11.6 Å². The van der Waals surface area contributed by atoms with Crippen LogP contribution < -0.4 is 11.2 Å². The van der Waals surface area contributed by atoms with Crippen molar-refractivity contribution in [3.8, 4) is 0 Å². The maximum absolute atomic E-state index is 12.4. The van der Waals surface area contributed by atoms with Crippen LogP contribution in [0.1, 0.15) is 18.9 Å². The second-order valence-corrected chi connectivity index (χ2v) is 5.02. The predicted molar refractivity (Wildman–Crippen MR) is 72.9 cm³/mol. The maximum Gasteiger partial charge on any atom is 0.329 e. The summed E-state index contributed by atoms with van der Waals surface area (Å²) in [4.78, 5) is 27.3. The SMILES string of the molecule is O=c1[nH]c2c(Cl)cccc2c(=O)n1C1CCOCC1. The molecule has 0 radical (unpaired) electrons. The molecule has 19 heavy (non-hydrogen) atoms. The highest BCUT2D eigenvalue weighted by Gasteiger charge is 2.20. The second-order valence-electron chi connectivity index (χ2n) is 4.61. The monoisotopic (exact) mass is 280 g/mol. The zero-order valence-corrected chi connectivity index (χ0v) is 10.9. The summed E-state index contributed by atoms with van der Waals surface area (Å²) in [6, 6.07) is 4.93. The number of halogens is 1. The topological polar surface area (TPSA) is 64.1 Å². The van der Waals surface area contributed by atoms with Gasteiger partial charge in [0.15, 0.2) is 0 Å². The van der Waals surface area contributed by atoms with E-state index in [2.05, 4.69) is 4.98 Å². The normalized spacial score (nSPS) is 16.9. The van der Waals surface area contributed by atoms with Gasteiger partial charge in [-0.3, -0.25) is 9.36 Å². The lowest BCUT2D eigenvalue weighted by atomic mass is 10.1. The third kappa shape index (κ3) is 2.09. The van der Waals surface area contributed by atoms with Crippen LogP contribution in [0.5, 0.6) is 0 Å². The van der Waals surface area contributed by atoms with E-state index in [0.717, 1.165) is 0 Å². The fourth-order valence-electron chi connectivity index (χ4n) is 2.49. The zero-order valence-electron chi connectivity index (χ0n) is 10.2. The zero-order chi connectivity index (χ0) is 13.4. The molecule has 0 bridgehead atoms. The highest BCUT2D eigenvalue weighted by atomic mass is 35.5. The number of fused-ring (bicyclic) bond motifs is 1. The maximum atomic E-state index is 12.4. The first-order valence-electron chi connectivity index (χ1n) is 6.19. The first kappa shape index (κ1) is 12.4. The number of nitrogens with one attached hydrogen (secondary N) is 1. The van der Waals surface area contributed by atoms with E-state index < -0.39 is 5.69 Å². The van der Waals surface area contributed by atoms with E-state index >= 15 is 0 Å². The van der Waals surface area contributed by atoms with E-state index in [0.29, 0.717) is 42.0 Å². The number of rotatable bonds is 1. The molecule has 0 saturated carbocycles. The van der Waals surface area contributed by atoms with Gasteiger partial charge in [0.2, 0.25) is 0 Å². The number of benzene rings is 1. The number of aromatic amines is 1. The highest BCUT2D eigenvalue weighted by molar-refractivity contribution is 6.34. The number of nitrogens with zero attached hydrogens (tertiary/aromatic N) is 1. The summed E-state index contributed by atoms with van der Waals surface area (Å²) in [6.45, 7) is 1.15. The van der Waals surface area contributed by atoms with Crippen molar-refractivity contribution in [2.45, 2.75) is 18.9 Å². The van der Waals surface area contributed by atoms with Gasteiger partial charge in [0, 0.05) is 19.3 Å². The fraction of sp³-hybridized carbons (Fsp3) is 0.385. The third-order valence-electron chi connectivity index (χ3n) is 3.47. The number of hydrogen-bond donors (Lipinski definition) is 1. The Bertz CT molecular complexity index is 729. The molecular weight excluding hydrogens is 268 g/mol. The summed E-state index contributed by atoms with van der Waals surface area (Å²) in [5.41, 5.74) is -0.284. The van der Waals surface area contributed by atoms with Crippen molar-refractivity contribution in [3.63, 3.8) is 0 Å². The van der Waals surface area contributed by atoms with Crippen molar-refractivity contribution in [1.82, 2.24) is 9.55 Å². The van der Waals surface area contributed by atoms with E-state index in [-0.39, 0.29) is 11.6 Å². The highest BCUT2D eigenvalue weighted by Crippen LogP contribution is 2.20. The van der Waals surface area contributed by atoms with Crippen LogP contribution in [-0.4, -0.2) is 22.8 Å². The van der Waals surface area contributed by atoms with Crippen LogP contribution in [0.15, 0.2) is 27.8 Å². The lowest BCUT2D eigenvalue weighted by molar-refractivity contribution is 0.0676. The minimum absolute atomic E-state index is 0.103. The Morgan fingerprint density at radius 3 is 2.74 bits per heavy atom. The van der Waals surface area contributed by atoms with E-state index in [1.54, 1.807) is 18.2 Å². The molecule has 1 fully saturated rings. The summed E-state index contributed by atoms with van der Waals surface area (Å²) in [6.07, 6.45) is 1.35. The van der Waals surface area contributed by atoms with Gasteiger partial charge in [-0.2, -0.15) is 0 Å². The fourth-order valence-corrected chi connectivity index (χ4v) is 2.72. The Morgan fingerprint density at radius 1 is 1.26 bits per heavy atom. The van der Waals surface area contributed by atoms with Gasteiger partial charge >= 0.3 is 5.69 Å². The lowest BCUT2D eigenvalue weighted by Gasteiger charge is -2.23. The molecule has 0 spiro atoms. The summed E-state index contributed by atoms with van der Waals surface area (Å²) in [5, 5.41) is 0.824. The largest absolute Gasteiger partial charge is 0.381 e. The molecule has 1 saturated heterocycles. The molecule has 6 heteroatoms. The molecule has 1 aliphatic heterocycles.